The van der Waals surface area contributed by atoms with Crippen LogP contribution in [0.5, 0.6) is 0 Å². The van der Waals surface area contributed by atoms with Crippen molar-refractivity contribution in [3.63, 3.8) is 0 Å². The van der Waals surface area contributed by atoms with Crippen molar-refractivity contribution in [3.8, 4) is 0 Å². The molecular weight excluding hydrogens is 228 g/mol. The Kier molecular flexibility index (Phi) is 2.07. The molecule has 1 aliphatic heterocycles. The van der Waals surface area contributed by atoms with Crippen molar-refractivity contribution >= 4 is 34.2 Å². The second-order valence-corrected chi connectivity index (χ2v) is 4.42. The first-order valence-electron chi connectivity index (χ1n) is 4.97. The summed E-state index contributed by atoms with van der Waals surface area (Å²) in [6, 6.07) is 1.89. The van der Waals surface area contributed by atoms with Crippen molar-refractivity contribution < 1.29 is 4.79 Å². The first-order chi connectivity index (χ1) is 7.74. The van der Waals surface area contributed by atoms with Crippen LogP contribution in [0.4, 0.5) is 5.69 Å². The van der Waals surface area contributed by atoms with E-state index in [1.807, 2.05) is 6.07 Å². The first-order valence-corrected chi connectivity index (χ1v) is 5.41. The molecule has 3 heterocycles. The molecule has 2 aromatic heterocycles. The number of rotatable bonds is 1. The number of fused-ring (bicyclic) bond motifs is 1. The minimum absolute atomic E-state index is 0.0460. The van der Waals surface area contributed by atoms with E-state index in [0.717, 1.165) is 16.7 Å². The van der Waals surface area contributed by atoms with E-state index in [2.05, 4.69) is 15.2 Å². The summed E-state index contributed by atoms with van der Waals surface area (Å²) in [7, 11) is 0. The van der Waals surface area contributed by atoms with Gasteiger partial charge in [-0.3, -0.25) is 9.89 Å². The highest BCUT2D eigenvalue weighted by atomic mass is 35.5. The molecular formula is C10H9ClN4O. The van der Waals surface area contributed by atoms with Gasteiger partial charge in [-0.25, -0.2) is 4.98 Å². The van der Waals surface area contributed by atoms with Crippen LogP contribution < -0.4 is 4.90 Å². The summed E-state index contributed by atoms with van der Waals surface area (Å²) in [5.74, 6) is 0.0460. The van der Waals surface area contributed by atoms with Crippen molar-refractivity contribution in [2.24, 2.45) is 0 Å². The van der Waals surface area contributed by atoms with Gasteiger partial charge in [0.05, 0.1) is 23.5 Å². The number of nitrogens with one attached hydrogen (secondary N) is 1. The molecule has 1 amide bonds. The lowest BCUT2D eigenvalue weighted by Gasteiger charge is -2.14. The summed E-state index contributed by atoms with van der Waals surface area (Å²) in [4.78, 5) is 17.5. The quantitative estimate of drug-likeness (QED) is 0.760. The van der Waals surface area contributed by atoms with Gasteiger partial charge in [0.2, 0.25) is 5.91 Å². The fourth-order valence-corrected chi connectivity index (χ4v) is 2.16. The molecule has 0 aliphatic carbocycles. The molecule has 2 aromatic rings. The molecule has 82 valence electrons. The van der Waals surface area contributed by atoms with Crippen molar-refractivity contribution in [3.05, 3.63) is 18.5 Å². The van der Waals surface area contributed by atoms with Crippen molar-refractivity contribution in [1.29, 1.82) is 0 Å². The lowest BCUT2D eigenvalue weighted by atomic mass is 10.3. The monoisotopic (exact) mass is 236 g/mol. The van der Waals surface area contributed by atoms with Crippen LogP contribution >= 0.6 is 11.6 Å². The van der Waals surface area contributed by atoms with Gasteiger partial charge in [0, 0.05) is 18.4 Å². The minimum Gasteiger partial charge on any atom is -0.309 e. The summed E-state index contributed by atoms with van der Waals surface area (Å²) in [6.07, 6.45) is 3.74. The number of pyridine rings is 1. The Labute approximate surface area is 96.4 Å². The fraction of sp³-hybridized carbons (Fsp3) is 0.300. The third kappa shape index (κ3) is 1.44. The van der Waals surface area contributed by atoms with E-state index in [1.54, 1.807) is 17.3 Å². The second-order valence-electron chi connectivity index (χ2n) is 3.81. The van der Waals surface area contributed by atoms with Crippen LogP contribution in [-0.4, -0.2) is 33.0 Å². The molecule has 3 rings (SSSR count). The Morgan fingerprint density at radius 2 is 2.38 bits per heavy atom. The van der Waals surface area contributed by atoms with Crippen molar-refractivity contribution in [1.82, 2.24) is 15.2 Å². The predicted molar refractivity (Wildman–Crippen MR) is 60.5 cm³/mol. The summed E-state index contributed by atoms with van der Waals surface area (Å²) < 4.78 is 0. The summed E-state index contributed by atoms with van der Waals surface area (Å²) in [5.41, 5.74) is 1.50. The molecule has 5 nitrogen and oxygen atoms in total. The van der Waals surface area contributed by atoms with Crippen LogP contribution in [-0.2, 0) is 4.79 Å². The minimum atomic E-state index is -0.104. The number of carbonyl (C=O) groups excluding carboxylic acids is 1. The van der Waals surface area contributed by atoms with E-state index in [9.17, 15) is 4.79 Å². The third-order valence-corrected chi connectivity index (χ3v) is 2.96. The number of anilines is 1. The largest absolute Gasteiger partial charge is 0.309 e. The number of H-pyrrole nitrogens is 1. The molecule has 0 bridgehead atoms. The molecule has 1 unspecified atom stereocenters. The van der Waals surface area contributed by atoms with Gasteiger partial charge in [0.15, 0.2) is 5.65 Å². The molecule has 6 heteroatoms. The topological polar surface area (TPSA) is 61.9 Å². The maximum atomic E-state index is 11.6. The SMILES string of the molecule is O=C1CC(Cl)CN1c1cnc2[nH]ncc2c1. The highest BCUT2D eigenvalue weighted by Crippen LogP contribution is 2.25. The molecule has 1 N–H and O–H groups in total. The Balaban J connectivity index is 2.02. The van der Waals surface area contributed by atoms with E-state index < -0.39 is 0 Å². The number of amides is 1. The van der Waals surface area contributed by atoms with Crippen molar-refractivity contribution in [2.45, 2.75) is 11.8 Å². The fourth-order valence-electron chi connectivity index (χ4n) is 1.89. The van der Waals surface area contributed by atoms with Crippen LogP contribution in [0.25, 0.3) is 11.0 Å². The molecule has 1 fully saturated rings. The molecule has 1 aliphatic rings. The molecule has 0 spiro atoms. The average molecular weight is 237 g/mol. The molecule has 16 heavy (non-hydrogen) atoms. The zero-order valence-electron chi connectivity index (χ0n) is 8.35. The van der Waals surface area contributed by atoms with Gasteiger partial charge in [0.25, 0.3) is 0 Å². The lowest BCUT2D eigenvalue weighted by Crippen LogP contribution is -2.24. The number of nitrogens with zero attached hydrogens (tertiary/aromatic N) is 3. The van der Waals surface area contributed by atoms with Gasteiger partial charge in [-0.15, -0.1) is 11.6 Å². The standard InChI is InChI=1S/C10H9ClN4O/c11-7-2-9(16)15(5-7)8-1-6-3-13-14-10(6)12-4-8/h1,3-4,7H,2,5H2,(H,12,13,14). The number of halogens is 1. The second kappa shape index (κ2) is 3.45. The van der Waals surface area contributed by atoms with Gasteiger partial charge in [-0.05, 0) is 6.07 Å². The van der Waals surface area contributed by atoms with Crippen LogP contribution in [0.3, 0.4) is 0 Å². The van der Waals surface area contributed by atoms with Crippen LogP contribution in [0, 0.1) is 0 Å². The number of hydrogen-bond acceptors (Lipinski definition) is 3. The van der Waals surface area contributed by atoms with Gasteiger partial charge in [0.1, 0.15) is 0 Å². The van der Waals surface area contributed by atoms with E-state index in [1.165, 1.54) is 0 Å². The maximum absolute atomic E-state index is 11.6. The number of alkyl halides is 1. The molecule has 0 saturated carbocycles. The average Bonchev–Trinajstić information content (AvgIpc) is 2.83. The summed E-state index contributed by atoms with van der Waals surface area (Å²) in [6.45, 7) is 0.547. The number of aromatic amines is 1. The van der Waals surface area contributed by atoms with Crippen LogP contribution in [0.15, 0.2) is 18.5 Å². The van der Waals surface area contributed by atoms with Crippen molar-refractivity contribution in [2.75, 3.05) is 11.4 Å². The Hall–Kier alpha value is -1.62. The van der Waals surface area contributed by atoms with Gasteiger partial charge in [-0.2, -0.15) is 5.10 Å². The smallest absolute Gasteiger partial charge is 0.228 e. The summed E-state index contributed by atoms with van der Waals surface area (Å²) in [5, 5.41) is 7.44. The number of hydrogen-bond donors (Lipinski definition) is 1. The van der Waals surface area contributed by atoms with Gasteiger partial charge >= 0.3 is 0 Å². The number of aromatic nitrogens is 3. The third-order valence-electron chi connectivity index (χ3n) is 2.67. The maximum Gasteiger partial charge on any atom is 0.228 e. The predicted octanol–water partition coefficient (Wildman–Crippen LogP) is 1.30. The Morgan fingerprint density at radius 3 is 3.12 bits per heavy atom. The molecule has 0 aromatic carbocycles. The normalized spacial score (nSPS) is 20.9. The zero-order valence-corrected chi connectivity index (χ0v) is 9.11. The van der Waals surface area contributed by atoms with Gasteiger partial charge < -0.3 is 4.90 Å². The van der Waals surface area contributed by atoms with E-state index in [0.29, 0.717) is 13.0 Å². The Morgan fingerprint density at radius 1 is 1.50 bits per heavy atom. The molecule has 1 atom stereocenters. The van der Waals surface area contributed by atoms with E-state index in [4.69, 9.17) is 11.6 Å². The first kappa shape index (κ1) is 9.59. The van der Waals surface area contributed by atoms with E-state index >= 15 is 0 Å². The summed E-state index contributed by atoms with van der Waals surface area (Å²) >= 11 is 5.95. The highest BCUT2D eigenvalue weighted by Gasteiger charge is 2.29. The van der Waals surface area contributed by atoms with Crippen LogP contribution in [0.2, 0.25) is 0 Å². The highest BCUT2D eigenvalue weighted by molar-refractivity contribution is 6.24. The molecule has 1 saturated heterocycles. The Bertz CT molecular complexity index is 552. The van der Waals surface area contributed by atoms with Gasteiger partial charge in [-0.1, -0.05) is 0 Å². The van der Waals surface area contributed by atoms with E-state index in [-0.39, 0.29) is 11.3 Å². The lowest BCUT2D eigenvalue weighted by molar-refractivity contribution is -0.117. The molecule has 0 radical (unpaired) electrons. The van der Waals surface area contributed by atoms with Crippen LogP contribution in [0.1, 0.15) is 6.42 Å². The zero-order chi connectivity index (χ0) is 11.1. The number of carbonyl (C=O) groups is 1.